The molecule has 130 valence electrons. The molecule has 5 heteroatoms. The Morgan fingerprint density at radius 1 is 0.909 bits per heavy atom. The third-order valence-electron chi connectivity index (χ3n) is 2.94. The largest absolute Gasteiger partial charge is 0.389 e. The van der Waals surface area contributed by atoms with Crippen LogP contribution >= 0.6 is 0 Å². The zero-order chi connectivity index (χ0) is 17.1. The van der Waals surface area contributed by atoms with Gasteiger partial charge in [0.1, 0.15) is 0 Å². The first-order chi connectivity index (χ1) is 10.2. The van der Waals surface area contributed by atoms with Gasteiger partial charge in [-0.1, -0.05) is 24.3 Å². The van der Waals surface area contributed by atoms with Gasteiger partial charge in [0.25, 0.3) is 0 Å². The van der Waals surface area contributed by atoms with Crippen LogP contribution in [-0.2, 0) is 9.47 Å². The van der Waals surface area contributed by atoms with Crippen molar-refractivity contribution in [1.29, 1.82) is 0 Å². The lowest BCUT2D eigenvalue weighted by Gasteiger charge is -2.30. The SMILES string of the molecule is C=C(C)COCC(O)CN(CC(O)COCC(=C)C)C(C)C. The monoisotopic (exact) mass is 315 g/mol. The molecule has 0 spiro atoms. The lowest BCUT2D eigenvalue weighted by molar-refractivity contribution is -0.0121. The molecule has 5 nitrogen and oxygen atoms in total. The summed E-state index contributed by atoms with van der Waals surface area (Å²) < 4.78 is 10.7. The molecule has 0 aliphatic rings. The first kappa shape index (κ1) is 21.3. The van der Waals surface area contributed by atoms with Crippen molar-refractivity contribution < 1.29 is 19.7 Å². The Hall–Kier alpha value is -0.720. The molecule has 0 aromatic heterocycles. The van der Waals surface area contributed by atoms with Crippen LogP contribution in [0.1, 0.15) is 27.7 Å². The van der Waals surface area contributed by atoms with Gasteiger partial charge in [-0.2, -0.15) is 0 Å². The molecule has 0 amide bonds. The van der Waals surface area contributed by atoms with Crippen LogP contribution in [0.4, 0.5) is 0 Å². The normalized spacial score (nSPS) is 14.4. The average molecular weight is 315 g/mol. The van der Waals surface area contributed by atoms with Crippen molar-refractivity contribution in [1.82, 2.24) is 4.90 Å². The summed E-state index contributed by atoms with van der Waals surface area (Å²) in [5.74, 6) is 0. The molecule has 0 heterocycles. The minimum atomic E-state index is -0.592. The molecule has 2 atom stereocenters. The maximum absolute atomic E-state index is 10.0. The Morgan fingerprint density at radius 2 is 1.27 bits per heavy atom. The smallest absolute Gasteiger partial charge is 0.0900 e. The van der Waals surface area contributed by atoms with Crippen LogP contribution in [-0.4, -0.2) is 72.9 Å². The van der Waals surface area contributed by atoms with Gasteiger partial charge in [-0.15, -0.1) is 0 Å². The molecule has 2 N–H and O–H groups in total. The molecule has 2 unspecified atom stereocenters. The zero-order valence-electron chi connectivity index (χ0n) is 14.5. The number of hydrogen-bond donors (Lipinski definition) is 2. The van der Waals surface area contributed by atoms with Crippen LogP contribution in [0.25, 0.3) is 0 Å². The van der Waals surface area contributed by atoms with E-state index in [1.807, 2.05) is 32.6 Å². The molecule has 0 aromatic carbocycles. The van der Waals surface area contributed by atoms with Crippen molar-refractivity contribution >= 4 is 0 Å². The molecule has 0 rings (SSSR count). The summed E-state index contributed by atoms with van der Waals surface area (Å²) in [7, 11) is 0. The number of aliphatic hydroxyl groups is 2. The fraction of sp³-hybridized carbons (Fsp3) is 0.765. The summed E-state index contributed by atoms with van der Waals surface area (Å²) in [5.41, 5.74) is 1.86. The molecule has 0 radical (unpaired) electrons. The van der Waals surface area contributed by atoms with Gasteiger partial charge in [0.15, 0.2) is 0 Å². The topological polar surface area (TPSA) is 62.2 Å². The summed E-state index contributed by atoms with van der Waals surface area (Å²) in [6, 6.07) is 0.214. The Morgan fingerprint density at radius 3 is 1.55 bits per heavy atom. The second kappa shape index (κ2) is 11.8. The Kier molecular flexibility index (Phi) is 11.4. The van der Waals surface area contributed by atoms with Crippen LogP contribution in [0, 0.1) is 0 Å². The second-order valence-corrected chi connectivity index (χ2v) is 6.30. The summed E-state index contributed by atoms with van der Waals surface area (Å²) >= 11 is 0. The molecule has 0 saturated heterocycles. The maximum Gasteiger partial charge on any atom is 0.0900 e. The molecular formula is C17H33NO4. The minimum Gasteiger partial charge on any atom is -0.389 e. The highest BCUT2D eigenvalue weighted by Gasteiger charge is 2.18. The van der Waals surface area contributed by atoms with Gasteiger partial charge >= 0.3 is 0 Å². The molecule has 0 bridgehead atoms. The predicted molar refractivity (Wildman–Crippen MR) is 90.0 cm³/mol. The van der Waals surface area contributed by atoms with E-state index in [2.05, 4.69) is 13.2 Å². The van der Waals surface area contributed by atoms with Crippen molar-refractivity contribution in [3.05, 3.63) is 24.3 Å². The summed E-state index contributed by atoms with van der Waals surface area (Å²) in [5, 5.41) is 20.0. The van der Waals surface area contributed by atoms with Crippen LogP contribution in [0.3, 0.4) is 0 Å². The Bertz CT molecular complexity index is 303. The quantitative estimate of drug-likeness (QED) is 0.506. The number of aliphatic hydroxyl groups excluding tert-OH is 2. The molecule has 0 aliphatic carbocycles. The third-order valence-corrected chi connectivity index (χ3v) is 2.94. The molecule has 0 saturated carbocycles. The van der Waals surface area contributed by atoms with Crippen LogP contribution < -0.4 is 0 Å². The van der Waals surface area contributed by atoms with Crippen LogP contribution in [0.2, 0.25) is 0 Å². The van der Waals surface area contributed by atoms with Gasteiger partial charge < -0.3 is 19.7 Å². The average Bonchev–Trinajstić information content (AvgIpc) is 2.36. The van der Waals surface area contributed by atoms with Crippen molar-refractivity contribution in [3.8, 4) is 0 Å². The van der Waals surface area contributed by atoms with E-state index < -0.39 is 12.2 Å². The summed E-state index contributed by atoms with van der Waals surface area (Å²) in [4.78, 5) is 2.02. The fourth-order valence-corrected chi connectivity index (χ4v) is 1.88. The van der Waals surface area contributed by atoms with Gasteiger partial charge in [0.2, 0.25) is 0 Å². The fourth-order valence-electron chi connectivity index (χ4n) is 1.88. The summed E-state index contributed by atoms with van der Waals surface area (Å²) in [6.07, 6.45) is -1.18. The number of ether oxygens (including phenoxy) is 2. The van der Waals surface area contributed by atoms with E-state index >= 15 is 0 Å². The van der Waals surface area contributed by atoms with Crippen molar-refractivity contribution in [2.45, 2.75) is 45.9 Å². The van der Waals surface area contributed by atoms with Gasteiger partial charge in [-0.3, -0.25) is 4.90 Å². The number of nitrogens with zero attached hydrogens (tertiary/aromatic N) is 1. The number of hydrogen-bond acceptors (Lipinski definition) is 5. The molecule has 0 fully saturated rings. The van der Waals surface area contributed by atoms with Crippen molar-refractivity contribution in [3.63, 3.8) is 0 Å². The van der Waals surface area contributed by atoms with E-state index in [-0.39, 0.29) is 19.3 Å². The lowest BCUT2D eigenvalue weighted by Crippen LogP contribution is -2.44. The van der Waals surface area contributed by atoms with Crippen molar-refractivity contribution in [2.75, 3.05) is 39.5 Å². The van der Waals surface area contributed by atoms with Crippen molar-refractivity contribution in [2.24, 2.45) is 0 Å². The number of rotatable bonds is 13. The third kappa shape index (κ3) is 11.9. The van der Waals surface area contributed by atoms with E-state index in [1.165, 1.54) is 0 Å². The van der Waals surface area contributed by atoms with E-state index in [1.54, 1.807) is 0 Å². The molecule has 0 aliphatic heterocycles. The van der Waals surface area contributed by atoms with E-state index in [4.69, 9.17) is 9.47 Å². The Balaban J connectivity index is 4.13. The first-order valence-electron chi connectivity index (χ1n) is 7.76. The Labute approximate surface area is 135 Å². The maximum atomic E-state index is 10.0. The highest BCUT2D eigenvalue weighted by Crippen LogP contribution is 2.04. The predicted octanol–water partition coefficient (Wildman–Crippen LogP) is 1.60. The van der Waals surface area contributed by atoms with E-state index in [0.717, 1.165) is 11.1 Å². The van der Waals surface area contributed by atoms with E-state index in [0.29, 0.717) is 26.3 Å². The minimum absolute atomic E-state index is 0.214. The standard InChI is InChI=1S/C17H33NO4/c1-13(2)9-21-11-16(19)7-18(15(5)6)8-17(20)12-22-10-14(3)4/h15-17,19-20H,1,3,7-12H2,2,4-6H3. The van der Waals surface area contributed by atoms with Crippen LogP contribution in [0.15, 0.2) is 24.3 Å². The van der Waals surface area contributed by atoms with E-state index in [9.17, 15) is 10.2 Å². The first-order valence-corrected chi connectivity index (χ1v) is 7.76. The van der Waals surface area contributed by atoms with Crippen LogP contribution in [0.5, 0.6) is 0 Å². The highest BCUT2D eigenvalue weighted by atomic mass is 16.5. The zero-order valence-corrected chi connectivity index (χ0v) is 14.5. The van der Waals surface area contributed by atoms with Gasteiger partial charge in [-0.05, 0) is 27.7 Å². The highest BCUT2D eigenvalue weighted by molar-refractivity contribution is 4.88. The molecular weight excluding hydrogens is 282 g/mol. The molecule has 22 heavy (non-hydrogen) atoms. The van der Waals surface area contributed by atoms with Gasteiger partial charge in [-0.25, -0.2) is 0 Å². The van der Waals surface area contributed by atoms with Gasteiger partial charge in [0.05, 0.1) is 38.6 Å². The molecule has 0 aromatic rings. The lowest BCUT2D eigenvalue weighted by atomic mass is 10.2. The second-order valence-electron chi connectivity index (χ2n) is 6.30. The van der Waals surface area contributed by atoms with Gasteiger partial charge in [0, 0.05) is 19.1 Å². The summed E-state index contributed by atoms with van der Waals surface area (Å²) in [6.45, 7) is 17.7.